The molecule has 1 aliphatic rings. The van der Waals surface area contributed by atoms with Crippen LogP contribution >= 0.6 is 0 Å². The number of para-hydroxylation sites is 1. The van der Waals surface area contributed by atoms with Gasteiger partial charge in [-0.1, -0.05) is 32.0 Å². The van der Waals surface area contributed by atoms with Crippen LogP contribution in [0.25, 0.3) is 0 Å². The summed E-state index contributed by atoms with van der Waals surface area (Å²) in [6, 6.07) is 9.55. The highest BCUT2D eigenvalue weighted by molar-refractivity contribution is 5.70. The Morgan fingerprint density at radius 2 is 1.83 bits per heavy atom. The van der Waals surface area contributed by atoms with Crippen molar-refractivity contribution in [3.8, 4) is 5.75 Å². The van der Waals surface area contributed by atoms with Crippen molar-refractivity contribution < 1.29 is 9.53 Å². The van der Waals surface area contributed by atoms with E-state index in [1.165, 1.54) is 0 Å². The first-order valence-corrected chi connectivity index (χ1v) is 8.48. The van der Waals surface area contributed by atoms with Crippen LogP contribution in [0.5, 0.6) is 5.75 Å². The number of ether oxygens (including phenoxy) is 1. The maximum atomic E-state index is 12.0. The molecule has 5 heteroatoms. The van der Waals surface area contributed by atoms with Crippen LogP contribution in [-0.2, 0) is 0 Å². The van der Waals surface area contributed by atoms with Crippen LogP contribution < -0.4 is 10.1 Å². The standard InChI is InChI=1S/C18H29N3O2/c1-15(2)13-16(21-11-9-20(3)10-12-21)14-19-18(22)23-17-7-5-4-6-8-17/h4-8,15-16H,9-14H2,1-3H3,(H,19,22). The molecule has 128 valence electrons. The molecule has 1 saturated heterocycles. The Morgan fingerprint density at radius 3 is 2.43 bits per heavy atom. The van der Waals surface area contributed by atoms with Crippen molar-refractivity contribution in [3.63, 3.8) is 0 Å². The fraction of sp³-hybridized carbons (Fsp3) is 0.611. The molecule has 0 radical (unpaired) electrons. The lowest BCUT2D eigenvalue weighted by molar-refractivity contribution is 0.0986. The highest BCUT2D eigenvalue weighted by Crippen LogP contribution is 2.14. The molecule has 5 nitrogen and oxygen atoms in total. The highest BCUT2D eigenvalue weighted by Gasteiger charge is 2.23. The zero-order valence-corrected chi connectivity index (χ0v) is 14.5. The molecule has 1 fully saturated rings. The van der Waals surface area contributed by atoms with Crippen molar-refractivity contribution in [1.82, 2.24) is 15.1 Å². The second kappa shape index (κ2) is 8.89. The minimum atomic E-state index is -0.376. The number of piperazine rings is 1. The van der Waals surface area contributed by atoms with Gasteiger partial charge in [-0.05, 0) is 31.5 Å². The van der Waals surface area contributed by atoms with Crippen LogP contribution in [0.2, 0.25) is 0 Å². The van der Waals surface area contributed by atoms with Gasteiger partial charge in [0.1, 0.15) is 5.75 Å². The molecule has 23 heavy (non-hydrogen) atoms. The monoisotopic (exact) mass is 319 g/mol. The molecule has 1 aromatic carbocycles. The zero-order valence-electron chi connectivity index (χ0n) is 14.5. The summed E-state index contributed by atoms with van der Waals surface area (Å²) in [6.07, 6.45) is 0.703. The van der Waals surface area contributed by atoms with E-state index in [1.54, 1.807) is 12.1 Å². The number of carbonyl (C=O) groups excluding carboxylic acids is 1. The van der Waals surface area contributed by atoms with Crippen LogP contribution in [0.1, 0.15) is 20.3 Å². The summed E-state index contributed by atoms with van der Waals surface area (Å²) in [5.41, 5.74) is 0. The van der Waals surface area contributed by atoms with E-state index in [4.69, 9.17) is 4.74 Å². The van der Waals surface area contributed by atoms with Crippen molar-refractivity contribution in [2.75, 3.05) is 39.8 Å². The van der Waals surface area contributed by atoms with Crippen LogP contribution in [0.4, 0.5) is 4.79 Å². The maximum absolute atomic E-state index is 12.0. The van der Waals surface area contributed by atoms with Gasteiger partial charge in [0.25, 0.3) is 0 Å². The topological polar surface area (TPSA) is 44.8 Å². The summed E-state index contributed by atoms with van der Waals surface area (Å²) in [6.45, 7) is 9.38. The van der Waals surface area contributed by atoms with Crippen LogP contribution in [0.15, 0.2) is 30.3 Å². The van der Waals surface area contributed by atoms with Gasteiger partial charge in [0, 0.05) is 38.8 Å². The summed E-state index contributed by atoms with van der Waals surface area (Å²) in [5, 5.41) is 2.93. The van der Waals surface area contributed by atoms with E-state index in [0.717, 1.165) is 32.6 Å². The lowest BCUT2D eigenvalue weighted by atomic mass is 10.0. The SMILES string of the molecule is CC(C)CC(CNC(=O)Oc1ccccc1)N1CCN(C)CC1. The largest absolute Gasteiger partial charge is 0.412 e. The number of likely N-dealkylation sites (N-methyl/N-ethyl adjacent to an activating group) is 1. The van der Waals surface area contributed by atoms with Crippen molar-refractivity contribution in [2.45, 2.75) is 26.3 Å². The molecule has 1 amide bonds. The average Bonchev–Trinajstić information content (AvgIpc) is 2.53. The van der Waals surface area contributed by atoms with E-state index in [-0.39, 0.29) is 6.09 Å². The van der Waals surface area contributed by atoms with Crippen LogP contribution in [0, 0.1) is 5.92 Å². The van der Waals surface area contributed by atoms with Crippen molar-refractivity contribution in [1.29, 1.82) is 0 Å². The van der Waals surface area contributed by atoms with E-state index in [9.17, 15) is 4.79 Å². The third-order valence-corrected chi connectivity index (χ3v) is 4.23. The van der Waals surface area contributed by atoms with E-state index >= 15 is 0 Å². The summed E-state index contributed by atoms with van der Waals surface area (Å²) < 4.78 is 5.30. The Morgan fingerprint density at radius 1 is 1.17 bits per heavy atom. The fourth-order valence-corrected chi connectivity index (χ4v) is 2.93. The first-order chi connectivity index (χ1) is 11.0. The number of hydrogen-bond acceptors (Lipinski definition) is 4. The van der Waals surface area contributed by atoms with Crippen molar-refractivity contribution >= 4 is 6.09 Å². The predicted octanol–water partition coefficient (Wildman–Crippen LogP) is 2.44. The number of nitrogens with one attached hydrogen (secondary N) is 1. The second-order valence-electron chi connectivity index (χ2n) is 6.71. The molecule has 2 rings (SSSR count). The van der Waals surface area contributed by atoms with Crippen molar-refractivity contribution in [2.24, 2.45) is 5.92 Å². The Balaban J connectivity index is 1.83. The van der Waals surface area contributed by atoms with E-state index < -0.39 is 0 Å². The Bertz CT molecular complexity index is 470. The summed E-state index contributed by atoms with van der Waals surface area (Å²) in [4.78, 5) is 16.8. The summed E-state index contributed by atoms with van der Waals surface area (Å²) in [7, 11) is 2.16. The number of nitrogens with zero attached hydrogens (tertiary/aromatic N) is 2. The van der Waals surface area contributed by atoms with Gasteiger partial charge < -0.3 is 15.0 Å². The fourth-order valence-electron chi connectivity index (χ4n) is 2.93. The smallest absolute Gasteiger partial charge is 0.410 e. The highest BCUT2D eigenvalue weighted by atomic mass is 16.6. The van der Waals surface area contributed by atoms with E-state index in [2.05, 4.69) is 36.0 Å². The number of hydrogen-bond donors (Lipinski definition) is 1. The zero-order chi connectivity index (χ0) is 16.7. The summed E-state index contributed by atoms with van der Waals surface area (Å²) in [5.74, 6) is 1.18. The van der Waals surface area contributed by atoms with E-state index in [1.807, 2.05) is 18.2 Å². The van der Waals surface area contributed by atoms with Gasteiger partial charge in [0.15, 0.2) is 0 Å². The van der Waals surface area contributed by atoms with Gasteiger partial charge in [-0.25, -0.2) is 4.79 Å². The number of rotatable bonds is 6. The lowest BCUT2D eigenvalue weighted by Gasteiger charge is -2.38. The molecule has 1 unspecified atom stereocenters. The maximum Gasteiger partial charge on any atom is 0.412 e. The molecule has 1 heterocycles. The van der Waals surface area contributed by atoms with Crippen molar-refractivity contribution in [3.05, 3.63) is 30.3 Å². The van der Waals surface area contributed by atoms with Gasteiger partial charge in [-0.2, -0.15) is 0 Å². The minimum Gasteiger partial charge on any atom is -0.410 e. The normalized spacial score (nSPS) is 17.9. The van der Waals surface area contributed by atoms with Gasteiger partial charge in [-0.15, -0.1) is 0 Å². The van der Waals surface area contributed by atoms with Gasteiger partial charge >= 0.3 is 6.09 Å². The molecule has 0 bridgehead atoms. The third-order valence-electron chi connectivity index (χ3n) is 4.23. The Labute approximate surface area is 139 Å². The molecule has 0 aromatic heterocycles. The first kappa shape index (κ1) is 17.8. The Kier molecular flexibility index (Phi) is 6.86. The molecule has 0 saturated carbocycles. The molecule has 1 aromatic rings. The number of benzene rings is 1. The van der Waals surface area contributed by atoms with Crippen LogP contribution in [-0.4, -0.2) is 61.7 Å². The second-order valence-corrected chi connectivity index (χ2v) is 6.71. The molecular formula is C18H29N3O2. The number of amides is 1. The molecule has 1 N–H and O–H groups in total. The lowest BCUT2D eigenvalue weighted by Crippen LogP contribution is -2.53. The molecule has 0 aliphatic carbocycles. The number of carbonyl (C=O) groups is 1. The predicted molar refractivity (Wildman–Crippen MR) is 92.8 cm³/mol. The quantitative estimate of drug-likeness (QED) is 0.875. The molecular weight excluding hydrogens is 290 g/mol. The minimum absolute atomic E-state index is 0.368. The molecule has 1 aliphatic heterocycles. The summed E-state index contributed by atoms with van der Waals surface area (Å²) >= 11 is 0. The van der Waals surface area contributed by atoms with E-state index in [0.29, 0.717) is 24.3 Å². The van der Waals surface area contributed by atoms with Gasteiger partial charge in [0.2, 0.25) is 0 Å². The first-order valence-electron chi connectivity index (χ1n) is 8.48. The average molecular weight is 319 g/mol. The molecule has 0 spiro atoms. The molecule has 1 atom stereocenters. The third kappa shape index (κ3) is 6.20. The van der Waals surface area contributed by atoms with Gasteiger partial charge in [0.05, 0.1) is 0 Å². The van der Waals surface area contributed by atoms with Gasteiger partial charge in [-0.3, -0.25) is 4.90 Å². The van der Waals surface area contributed by atoms with Crippen LogP contribution in [0.3, 0.4) is 0 Å². The Hall–Kier alpha value is -1.59.